The summed E-state index contributed by atoms with van der Waals surface area (Å²) in [5.74, 6) is 1.41. The van der Waals surface area contributed by atoms with Crippen LogP contribution in [0, 0.1) is 5.92 Å². The van der Waals surface area contributed by atoms with E-state index in [1.54, 1.807) is 10.9 Å². The van der Waals surface area contributed by atoms with Crippen LogP contribution in [-0.2, 0) is 11.4 Å². The minimum Gasteiger partial charge on any atom is -0.390 e. The largest absolute Gasteiger partial charge is 0.390 e. The minimum absolute atomic E-state index is 0.0976. The van der Waals surface area contributed by atoms with Gasteiger partial charge in [0.05, 0.1) is 18.8 Å². The molecule has 1 aliphatic heterocycles. The lowest BCUT2D eigenvalue weighted by molar-refractivity contribution is -0.132. The normalized spacial score (nSPS) is 25.8. The maximum absolute atomic E-state index is 12.6. The van der Waals surface area contributed by atoms with Gasteiger partial charge >= 0.3 is 0 Å². The molecule has 2 fully saturated rings. The average Bonchev–Trinajstić information content (AvgIpc) is 3.27. The summed E-state index contributed by atoms with van der Waals surface area (Å²) in [7, 11) is 0. The molecule has 1 aromatic carbocycles. The van der Waals surface area contributed by atoms with Gasteiger partial charge in [-0.2, -0.15) is 0 Å². The van der Waals surface area contributed by atoms with Gasteiger partial charge in [-0.3, -0.25) is 4.79 Å². The highest BCUT2D eigenvalue weighted by molar-refractivity contribution is 5.77. The smallest absolute Gasteiger partial charge is 0.222 e. The van der Waals surface area contributed by atoms with Gasteiger partial charge in [0.25, 0.3) is 0 Å². The summed E-state index contributed by atoms with van der Waals surface area (Å²) in [6, 6.07) is 10.8. The summed E-state index contributed by atoms with van der Waals surface area (Å²) in [4.78, 5) is 14.5. The van der Waals surface area contributed by atoms with Crippen molar-refractivity contribution in [3.05, 3.63) is 47.8 Å². The van der Waals surface area contributed by atoms with Gasteiger partial charge in [0.2, 0.25) is 5.91 Å². The van der Waals surface area contributed by atoms with E-state index in [-0.39, 0.29) is 18.6 Å². The number of aromatic nitrogens is 3. The van der Waals surface area contributed by atoms with Crippen LogP contribution in [0.15, 0.2) is 36.5 Å². The average molecular weight is 340 g/mol. The van der Waals surface area contributed by atoms with Gasteiger partial charge in [-0.05, 0) is 36.7 Å². The van der Waals surface area contributed by atoms with Crippen molar-refractivity contribution in [3.8, 4) is 0 Å². The van der Waals surface area contributed by atoms with Crippen LogP contribution in [0.3, 0.4) is 0 Å². The number of aliphatic hydroxyl groups excluding tert-OH is 1. The van der Waals surface area contributed by atoms with Gasteiger partial charge in [-0.1, -0.05) is 35.5 Å². The Labute approximate surface area is 147 Å². The maximum Gasteiger partial charge on any atom is 0.222 e. The van der Waals surface area contributed by atoms with E-state index in [9.17, 15) is 4.79 Å². The molecule has 4 rings (SSSR count). The fraction of sp³-hybridized carbons (Fsp3) is 0.526. The van der Waals surface area contributed by atoms with E-state index in [0.29, 0.717) is 30.5 Å². The van der Waals surface area contributed by atoms with E-state index in [1.165, 1.54) is 5.56 Å². The number of likely N-dealkylation sites (tertiary alicyclic amines) is 1. The van der Waals surface area contributed by atoms with Crippen molar-refractivity contribution in [2.24, 2.45) is 5.92 Å². The van der Waals surface area contributed by atoms with Crippen LogP contribution in [0.25, 0.3) is 0 Å². The second-order valence-electron chi connectivity index (χ2n) is 7.28. The molecule has 6 heteroatoms. The number of rotatable bonds is 5. The second kappa shape index (κ2) is 6.96. The van der Waals surface area contributed by atoms with Gasteiger partial charge in [0, 0.05) is 19.5 Å². The molecule has 1 saturated heterocycles. The molecule has 1 N–H and O–H groups in total. The van der Waals surface area contributed by atoms with Crippen LogP contribution in [0.1, 0.15) is 48.9 Å². The number of carbonyl (C=O) groups excluding carboxylic acids is 1. The summed E-state index contributed by atoms with van der Waals surface area (Å²) in [6.07, 6.45) is 5.58. The van der Waals surface area contributed by atoms with E-state index in [1.807, 2.05) is 11.0 Å². The first-order chi connectivity index (χ1) is 12.2. The Hall–Kier alpha value is -2.21. The highest BCUT2D eigenvalue weighted by Crippen LogP contribution is 2.43. The zero-order valence-electron chi connectivity index (χ0n) is 14.3. The number of aliphatic hydroxyl groups is 1. The van der Waals surface area contributed by atoms with Crippen molar-refractivity contribution in [1.82, 2.24) is 19.9 Å². The Morgan fingerprint density at radius 3 is 2.76 bits per heavy atom. The lowest BCUT2D eigenvalue weighted by atomic mass is 9.70. The van der Waals surface area contributed by atoms with Crippen LogP contribution in [0.2, 0.25) is 0 Å². The first-order valence-corrected chi connectivity index (χ1v) is 9.07. The molecule has 1 unspecified atom stereocenters. The molecule has 25 heavy (non-hydrogen) atoms. The van der Waals surface area contributed by atoms with E-state index in [2.05, 4.69) is 34.6 Å². The molecule has 0 spiro atoms. The Balaban J connectivity index is 1.26. The van der Waals surface area contributed by atoms with Gasteiger partial charge in [0.1, 0.15) is 5.69 Å². The third kappa shape index (κ3) is 3.44. The second-order valence-corrected chi connectivity index (χ2v) is 7.28. The molecular formula is C19H24N4O2. The first kappa shape index (κ1) is 16.3. The number of nitrogens with zero attached hydrogens (tertiary/aromatic N) is 4. The Morgan fingerprint density at radius 1 is 1.24 bits per heavy atom. The quantitative estimate of drug-likeness (QED) is 0.905. The molecule has 2 aromatic rings. The SMILES string of the molecule is O=C(CC1CC(c2ccccc2)C1)N1CCC(n2cc(CO)nn2)C1. The summed E-state index contributed by atoms with van der Waals surface area (Å²) in [5, 5.41) is 17.1. The highest BCUT2D eigenvalue weighted by Gasteiger charge is 2.34. The number of benzene rings is 1. The van der Waals surface area contributed by atoms with Crippen molar-refractivity contribution in [3.63, 3.8) is 0 Å². The van der Waals surface area contributed by atoms with Crippen LogP contribution in [0.5, 0.6) is 0 Å². The van der Waals surface area contributed by atoms with Crippen LogP contribution >= 0.6 is 0 Å². The zero-order chi connectivity index (χ0) is 17.2. The summed E-state index contributed by atoms with van der Waals surface area (Å²) in [5.41, 5.74) is 1.98. The number of carbonyl (C=O) groups is 1. The third-order valence-corrected chi connectivity index (χ3v) is 5.58. The fourth-order valence-electron chi connectivity index (χ4n) is 4.02. The lowest BCUT2D eigenvalue weighted by Gasteiger charge is -2.36. The molecule has 1 amide bonds. The van der Waals surface area contributed by atoms with E-state index in [0.717, 1.165) is 25.8 Å². The Kier molecular flexibility index (Phi) is 4.53. The third-order valence-electron chi connectivity index (χ3n) is 5.58. The lowest BCUT2D eigenvalue weighted by Crippen LogP contribution is -2.33. The van der Waals surface area contributed by atoms with Gasteiger partial charge in [0.15, 0.2) is 0 Å². The Morgan fingerprint density at radius 2 is 2.04 bits per heavy atom. The molecule has 1 aliphatic carbocycles. The van der Waals surface area contributed by atoms with Crippen molar-refractivity contribution >= 4 is 5.91 Å². The number of hydrogen-bond acceptors (Lipinski definition) is 4. The zero-order valence-corrected chi connectivity index (χ0v) is 14.3. The predicted octanol–water partition coefficient (Wildman–Crippen LogP) is 2.13. The molecule has 1 saturated carbocycles. The Bertz CT molecular complexity index is 724. The number of hydrogen-bond donors (Lipinski definition) is 1. The predicted molar refractivity (Wildman–Crippen MR) is 92.7 cm³/mol. The molecule has 0 bridgehead atoms. The molecule has 2 aliphatic rings. The monoisotopic (exact) mass is 340 g/mol. The molecule has 6 nitrogen and oxygen atoms in total. The molecule has 1 atom stereocenters. The van der Waals surface area contributed by atoms with Gasteiger partial charge < -0.3 is 10.0 Å². The first-order valence-electron chi connectivity index (χ1n) is 9.07. The molecule has 1 aromatic heterocycles. The standard InChI is InChI=1S/C19H24N4O2/c24-13-17-11-23(21-20-17)18-6-7-22(12-18)19(25)10-14-8-16(9-14)15-4-2-1-3-5-15/h1-5,11,14,16,18,24H,6-10,12-13H2. The molecule has 132 valence electrons. The fourth-order valence-corrected chi connectivity index (χ4v) is 4.02. The van der Waals surface area contributed by atoms with Crippen molar-refractivity contribution in [1.29, 1.82) is 0 Å². The summed E-state index contributed by atoms with van der Waals surface area (Å²) >= 11 is 0. The van der Waals surface area contributed by atoms with E-state index < -0.39 is 0 Å². The van der Waals surface area contributed by atoms with Crippen LogP contribution < -0.4 is 0 Å². The summed E-state index contributed by atoms with van der Waals surface area (Å²) in [6.45, 7) is 1.38. The van der Waals surface area contributed by atoms with Gasteiger partial charge in [-0.25, -0.2) is 4.68 Å². The molecule has 2 heterocycles. The van der Waals surface area contributed by atoms with Crippen molar-refractivity contribution < 1.29 is 9.90 Å². The maximum atomic E-state index is 12.6. The van der Waals surface area contributed by atoms with E-state index >= 15 is 0 Å². The number of amides is 1. The topological polar surface area (TPSA) is 71.2 Å². The molecule has 0 radical (unpaired) electrons. The summed E-state index contributed by atoms with van der Waals surface area (Å²) < 4.78 is 1.79. The van der Waals surface area contributed by atoms with E-state index in [4.69, 9.17) is 5.11 Å². The van der Waals surface area contributed by atoms with Crippen LogP contribution in [0.4, 0.5) is 0 Å². The van der Waals surface area contributed by atoms with Crippen molar-refractivity contribution in [2.45, 2.75) is 44.2 Å². The minimum atomic E-state index is -0.0976. The highest BCUT2D eigenvalue weighted by atomic mass is 16.3. The van der Waals surface area contributed by atoms with Crippen LogP contribution in [-0.4, -0.2) is 44.0 Å². The molecular weight excluding hydrogens is 316 g/mol. The van der Waals surface area contributed by atoms with Crippen molar-refractivity contribution in [2.75, 3.05) is 13.1 Å². The van der Waals surface area contributed by atoms with Gasteiger partial charge in [-0.15, -0.1) is 5.10 Å².